The zero-order chi connectivity index (χ0) is 20.6. The fraction of sp³-hybridized carbons (Fsp3) is 0.211. The highest BCUT2D eigenvalue weighted by Gasteiger charge is 2.50. The molecule has 0 fully saturated rings. The van der Waals surface area contributed by atoms with Crippen LogP contribution < -0.4 is 10.9 Å². The molecule has 0 bridgehead atoms. The van der Waals surface area contributed by atoms with Crippen molar-refractivity contribution < 1.29 is 19.1 Å². The minimum atomic E-state index is -1.77. The van der Waals surface area contributed by atoms with E-state index in [-0.39, 0.29) is 11.5 Å². The van der Waals surface area contributed by atoms with Gasteiger partial charge in [-0.1, -0.05) is 18.2 Å². The van der Waals surface area contributed by atoms with Gasteiger partial charge in [0.05, 0.1) is 19.1 Å². The summed E-state index contributed by atoms with van der Waals surface area (Å²) in [5.74, 6) is -1.28. The van der Waals surface area contributed by atoms with E-state index in [9.17, 15) is 14.4 Å². The predicted molar refractivity (Wildman–Crippen MR) is 105 cm³/mol. The molecule has 29 heavy (non-hydrogen) atoms. The second-order valence-corrected chi connectivity index (χ2v) is 7.20. The average Bonchev–Trinajstić information content (AvgIpc) is 3.27. The van der Waals surface area contributed by atoms with Crippen LogP contribution in [0.25, 0.3) is 22.0 Å². The smallest absolute Gasteiger partial charge is 0.355 e. The van der Waals surface area contributed by atoms with Gasteiger partial charge in [0, 0.05) is 11.3 Å². The number of ether oxygens (including phenoxy) is 2. The number of para-hydroxylation sites is 1. The largest absolute Gasteiger partial charge is 0.469 e. The molecule has 1 N–H and O–H groups in total. The summed E-state index contributed by atoms with van der Waals surface area (Å²) in [6.45, 7) is 0. The Kier molecular flexibility index (Phi) is 4.63. The Hall–Kier alpha value is -3.53. The zero-order valence-corrected chi connectivity index (χ0v) is 16.4. The number of fused-ring (bicyclic) bond motifs is 3. The molecular formula is C19H16N4O5S. The number of carbonyl (C=O) groups excluding carboxylic acids is 2. The lowest BCUT2D eigenvalue weighted by molar-refractivity contribution is -0.157. The number of aromatic nitrogens is 3. The third-order valence-electron chi connectivity index (χ3n) is 4.59. The normalized spacial score (nSPS) is 16.9. The first-order valence-corrected chi connectivity index (χ1v) is 9.46. The molecule has 1 aliphatic rings. The van der Waals surface area contributed by atoms with E-state index in [1.54, 1.807) is 41.8 Å². The molecule has 3 heterocycles. The molecule has 3 aromatic rings. The zero-order valence-electron chi connectivity index (χ0n) is 15.5. The van der Waals surface area contributed by atoms with Gasteiger partial charge in [0.1, 0.15) is 6.42 Å². The highest BCUT2D eigenvalue weighted by molar-refractivity contribution is 7.13. The third-order valence-corrected chi connectivity index (χ3v) is 5.46. The first-order chi connectivity index (χ1) is 14.0. The summed E-state index contributed by atoms with van der Waals surface area (Å²) in [6, 6.07) is 10.5. The highest BCUT2D eigenvalue weighted by Crippen LogP contribution is 2.39. The van der Waals surface area contributed by atoms with Crippen LogP contribution in [0.1, 0.15) is 6.42 Å². The number of benzene rings is 1. The molecule has 1 aliphatic heterocycles. The van der Waals surface area contributed by atoms with Crippen molar-refractivity contribution in [3.63, 3.8) is 0 Å². The highest BCUT2D eigenvalue weighted by atomic mass is 32.1. The van der Waals surface area contributed by atoms with Crippen molar-refractivity contribution in [2.24, 2.45) is 0 Å². The third kappa shape index (κ3) is 2.97. The molecule has 0 radical (unpaired) electrons. The molecule has 1 unspecified atom stereocenters. The molecule has 0 aliphatic carbocycles. The Morgan fingerprint density at radius 3 is 2.66 bits per heavy atom. The standard InChI is InChI=1S/C19H16N4O5S/c1-27-14(24)10-19(18(26)28-2)21-12-7-4-3-6-11(12)16-20-17(25)15(22-23(16)19)13-8-5-9-29-13/h3-9,21H,10H2,1-2H3. The van der Waals surface area contributed by atoms with Crippen LogP contribution in [0.15, 0.2) is 46.6 Å². The molecule has 10 heteroatoms. The molecule has 0 saturated heterocycles. The van der Waals surface area contributed by atoms with E-state index in [0.29, 0.717) is 16.1 Å². The summed E-state index contributed by atoms with van der Waals surface area (Å²) in [7, 11) is 2.43. The van der Waals surface area contributed by atoms with E-state index in [1.807, 2.05) is 0 Å². The maximum Gasteiger partial charge on any atom is 0.355 e. The number of esters is 2. The van der Waals surface area contributed by atoms with E-state index in [0.717, 1.165) is 0 Å². The second-order valence-electron chi connectivity index (χ2n) is 6.25. The summed E-state index contributed by atoms with van der Waals surface area (Å²) < 4.78 is 11.0. The number of carbonyl (C=O) groups is 2. The lowest BCUT2D eigenvalue weighted by atomic mass is 9.99. The number of methoxy groups -OCH3 is 2. The number of nitrogens with zero attached hydrogens (tertiary/aromatic N) is 3. The van der Waals surface area contributed by atoms with Gasteiger partial charge in [0.2, 0.25) is 5.66 Å². The minimum Gasteiger partial charge on any atom is -0.469 e. The maximum absolute atomic E-state index is 12.9. The van der Waals surface area contributed by atoms with Gasteiger partial charge >= 0.3 is 17.5 Å². The summed E-state index contributed by atoms with van der Waals surface area (Å²) >= 11 is 1.32. The van der Waals surface area contributed by atoms with Crippen LogP contribution in [-0.4, -0.2) is 40.9 Å². The summed E-state index contributed by atoms with van der Waals surface area (Å²) in [4.78, 5) is 42.7. The van der Waals surface area contributed by atoms with Crippen LogP contribution in [0.3, 0.4) is 0 Å². The Bertz CT molecular complexity index is 1160. The fourth-order valence-corrected chi connectivity index (χ4v) is 3.94. The van der Waals surface area contributed by atoms with E-state index in [4.69, 9.17) is 9.47 Å². The molecule has 2 aromatic heterocycles. The molecule has 1 aromatic carbocycles. The first-order valence-electron chi connectivity index (χ1n) is 8.58. The van der Waals surface area contributed by atoms with Crippen LogP contribution in [0.4, 0.5) is 5.69 Å². The van der Waals surface area contributed by atoms with Crippen LogP contribution in [-0.2, 0) is 24.7 Å². The van der Waals surface area contributed by atoms with E-state index in [2.05, 4.69) is 15.4 Å². The Labute approximate surface area is 168 Å². The van der Waals surface area contributed by atoms with Gasteiger partial charge in [0.15, 0.2) is 11.5 Å². The van der Waals surface area contributed by atoms with E-state index >= 15 is 0 Å². The van der Waals surface area contributed by atoms with E-state index < -0.39 is 29.6 Å². The van der Waals surface area contributed by atoms with Crippen molar-refractivity contribution in [3.8, 4) is 22.0 Å². The first kappa shape index (κ1) is 18.8. The van der Waals surface area contributed by atoms with Crippen LogP contribution in [0.2, 0.25) is 0 Å². The minimum absolute atomic E-state index is 0.0723. The fourth-order valence-electron chi connectivity index (χ4n) is 3.24. The molecular weight excluding hydrogens is 396 g/mol. The van der Waals surface area contributed by atoms with Gasteiger partial charge in [-0.3, -0.25) is 9.59 Å². The molecule has 0 saturated carbocycles. The van der Waals surface area contributed by atoms with Crippen LogP contribution >= 0.6 is 11.3 Å². The van der Waals surface area contributed by atoms with Crippen molar-refractivity contribution in [1.29, 1.82) is 0 Å². The number of rotatable bonds is 4. The monoisotopic (exact) mass is 412 g/mol. The number of anilines is 1. The summed E-state index contributed by atoms with van der Waals surface area (Å²) in [6.07, 6.45) is -0.418. The topological polar surface area (TPSA) is 112 Å². The summed E-state index contributed by atoms with van der Waals surface area (Å²) in [5.41, 5.74) is -1.15. The lowest BCUT2D eigenvalue weighted by Gasteiger charge is -2.38. The number of hydrogen-bond donors (Lipinski definition) is 1. The van der Waals surface area contributed by atoms with Crippen molar-refractivity contribution in [3.05, 3.63) is 52.1 Å². The van der Waals surface area contributed by atoms with Gasteiger partial charge in [-0.2, -0.15) is 10.1 Å². The maximum atomic E-state index is 12.9. The Morgan fingerprint density at radius 2 is 1.97 bits per heavy atom. The predicted octanol–water partition coefficient (Wildman–Crippen LogP) is 1.85. The molecule has 0 spiro atoms. The number of thiophene rings is 1. The van der Waals surface area contributed by atoms with Crippen molar-refractivity contribution in [2.75, 3.05) is 19.5 Å². The summed E-state index contributed by atoms with van der Waals surface area (Å²) in [5, 5.41) is 9.31. The van der Waals surface area contributed by atoms with Gasteiger partial charge in [-0.25, -0.2) is 9.48 Å². The van der Waals surface area contributed by atoms with Gasteiger partial charge < -0.3 is 14.8 Å². The Balaban J connectivity index is 2.05. The second kappa shape index (κ2) is 7.13. The molecule has 0 amide bonds. The van der Waals surface area contributed by atoms with Crippen LogP contribution in [0, 0.1) is 0 Å². The molecule has 1 atom stereocenters. The quantitative estimate of drug-likeness (QED) is 0.646. The van der Waals surface area contributed by atoms with Gasteiger partial charge in [0.25, 0.3) is 0 Å². The van der Waals surface area contributed by atoms with Gasteiger partial charge in [-0.15, -0.1) is 11.3 Å². The molecule has 4 rings (SSSR count). The average molecular weight is 412 g/mol. The van der Waals surface area contributed by atoms with E-state index in [1.165, 1.54) is 30.2 Å². The molecule has 148 valence electrons. The van der Waals surface area contributed by atoms with Crippen LogP contribution in [0.5, 0.6) is 0 Å². The molecule has 9 nitrogen and oxygen atoms in total. The van der Waals surface area contributed by atoms with Crippen molar-refractivity contribution >= 4 is 29.0 Å². The number of nitrogens with one attached hydrogen (secondary N) is 1. The Morgan fingerprint density at radius 1 is 1.17 bits per heavy atom. The SMILES string of the molecule is COC(=O)CC1(C(=O)OC)Nc2ccccc2-c2nc(=O)c(-c3cccs3)nn21. The number of hydrogen-bond acceptors (Lipinski definition) is 9. The van der Waals surface area contributed by atoms with Gasteiger partial charge in [-0.05, 0) is 23.6 Å². The van der Waals surface area contributed by atoms with Crippen molar-refractivity contribution in [2.45, 2.75) is 12.1 Å². The van der Waals surface area contributed by atoms with Crippen molar-refractivity contribution in [1.82, 2.24) is 14.8 Å². The lowest BCUT2D eigenvalue weighted by Crippen LogP contribution is -2.55.